The normalized spacial score (nSPS) is 15.9. The SMILES string of the molecule is Cc1ccc(C)c(S(=O)(=O)CCN2CCN(c3cccc(C)c3C)CC2)c1. The third-order valence-corrected chi connectivity index (χ3v) is 7.47. The van der Waals surface area contributed by atoms with Crippen LogP contribution in [0.1, 0.15) is 22.3 Å². The number of hydrogen-bond donors (Lipinski definition) is 0. The van der Waals surface area contributed by atoms with Crippen molar-refractivity contribution in [1.82, 2.24) is 4.90 Å². The average Bonchev–Trinajstić information content (AvgIpc) is 2.65. The van der Waals surface area contributed by atoms with Gasteiger partial charge in [-0.25, -0.2) is 8.42 Å². The number of benzene rings is 2. The molecule has 0 spiro atoms. The molecule has 1 aliphatic heterocycles. The predicted octanol–water partition coefficient (Wildman–Crippen LogP) is 3.52. The lowest BCUT2D eigenvalue weighted by Crippen LogP contribution is -2.47. The molecule has 1 aliphatic rings. The molecule has 0 bridgehead atoms. The number of piperazine rings is 1. The highest BCUT2D eigenvalue weighted by Gasteiger charge is 2.22. The van der Waals surface area contributed by atoms with Crippen molar-refractivity contribution in [2.45, 2.75) is 32.6 Å². The summed E-state index contributed by atoms with van der Waals surface area (Å²) in [6.07, 6.45) is 0. The third kappa shape index (κ3) is 4.53. The van der Waals surface area contributed by atoms with E-state index < -0.39 is 9.84 Å². The Bertz CT molecular complexity index is 914. The van der Waals surface area contributed by atoms with E-state index in [2.05, 4.69) is 41.8 Å². The van der Waals surface area contributed by atoms with Crippen LogP contribution in [0.2, 0.25) is 0 Å². The van der Waals surface area contributed by atoms with Crippen molar-refractivity contribution in [3.05, 3.63) is 58.7 Å². The van der Waals surface area contributed by atoms with E-state index in [9.17, 15) is 8.42 Å². The van der Waals surface area contributed by atoms with Crippen molar-refractivity contribution in [2.75, 3.05) is 43.4 Å². The Labute approximate surface area is 163 Å². The second kappa shape index (κ2) is 8.03. The summed E-state index contributed by atoms with van der Waals surface area (Å²) in [6.45, 7) is 12.4. The molecular formula is C22H30N2O2S. The molecule has 3 rings (SSSR count). The summed E-state index contributed by atoms with van der Waals surface area (Å²) in [5, 5.41) is 0. The van der Waals surface area contributed by atoms with Crippen molar-refractivity contribution in [3.63, 3.8) is 0 Å². The fraction of sp³-hybridized carbons (Fsp3) is 0.455. The van der Waals surface area contributed by atoms with Gasteiger partial charge in [0.05, 0.1) is 10.6 Å². The van der Waals surface area contributed by atoms with Crippen molar-refractivity contribution < 1.29 is 8.42 Å². The molecule has 0 aromatic heterocycles. The zero-order valence-corrected chi connectivity index (χ0v) is 17.6. The highest BCUT2D eigenvalue weighted by atomic mass is 32.2. The molecule has 0 aliphatic carbocycles. The van der Waals surface area contributed by atoms with Gasteiger partial charge in [-0.05, 0) is 62.1 Å². The summed E-state index contributed by atoms with van der Waals surface area (Å²) in [5.41, 5.74) is 5.78. The van der Waals surface area contributed by atoms with E-state index in [4.69, 9.17) is 0 Å². The molecule has 2 aromatic rings. The van der Waals surface area contributed by atoms with Crippen molar-refractivity contribution in [2.24, 2.45) is 0 Å². The molecule has 1 fully saturated rings. The van der Waals surface area contributed by atoms with Gasteiger partial charge < -0.3 is 4.90 Å². The van der Waals surface area contributed by atoms with Gasteiger partial charge in [0.25, 0.3) is 0 Å². The highest BCUT2D eigenvalue weighted by molar-refractivity contribution is 7.91. The van der Waals surface area contributed by atoms with Crippen LogP contribution in [0.3, 0.4) is 0 Å². The van der Waals surface area contributed by atoms with Crippen LogP contribution in [0.25, 0.3) is 0 Å². The van der Waals surface area contributed by atoms with Gasteiger partial charge in [0.1, 0.15) is 0 Å². The quantitative estimate of drug-likeness (QED) is 0.788. The standard InChI is InChI=1S/C22H30N2O2S/c1-17-8-9-19(3)22(16-17)27(25,26)15-14-23-10-12-24(13-11-23)21-7-5-6-18(2)20(21)4/h5-9,16H,10-15H2,1-4H3. The van der Waals surface area contributed by atoms with E-state index in [1.165, 1.54) is 16.8 Å². The minimum Gasteiger partial charge on any atom is -0.369 e. The summed E-state index contributed by atoms with van der Waals surface area (Å²) in [7, 11) is -3.25. The van der Waals surface area contributed by atoms with Crippen LogP contribution in [-0.4, -0.2) is 51.8 Å². The number of sulfone groups is 1. The van der Waals surface area contributed by atoms with Gasteiger partial charge in [0.2, 0.25) is 0 Å². The first kappa shape index (κ1) is 19.9. The van der Waals surface area contributed by atoms with Crippen LogP contribution in [0.15, 0.2) is 41.3 Å². The van der Waals surface area contributed by atoms with Crippen LogP contribution >= 0.6 is 0 Å². The lowest BCUT2D eigenvalue weighted by Gasteiger charge is -2.37. The van der Waals surface area contributed by atoms with E-state index in [0.717, 1.165) is 37.3 Å². The molecule has 1 saturated heterocycles. The van der Waals surface area contributed by atoms with Gasteiger partial charge in [-0.15, -0.1) is 0 Å². The molecule has 0 amide bonds. The monoisotopic (exact) mass is 386 g/mol. The van der Waals surface area contributed by atoms with E-state index in [1.807, 2.05) is 26.0 Å². The number of anilines is 1. The second-order valence-electron chi connectivity index (χ2n) is 7.64. The first-order valence-electron chi connectivity index (χ1n) is 9.61. The maximum atomic E-state index is 12.8. The van der Waals surface area contributed by atoms with Gasteiger partial charge in [-0.2, -0.15) is 0 Å². The first-order valence-corrected chi connectivity index (χ1v) is 11.3. The molecule has 146 valence electrons. The molecule has 4 nitrogen and oxygen atoms in total. The smallest absolute Gasteiger partial charge is 0.179 e. The number of aryl methyl sites for hydroxylation is 3. The average molecular weight is 387 g/mol. The lowest BCUT2D eigenvalue weighted by atomic mass is 10.1. The van der Waals surface area contributed by atoms with E-state index in [1.54, 1.807) is 6.07 Å². The van der Waals surface area contributed by atoms with Gasteiger partial charge >= 0.3 is 0 Å². The Balaban J connectivity index is 1.59. The summed E-state index contributed by atoms with van der Waals surface area (Å²) in [6, 6.07) is 12.1. The van der Waals surface area contributed by atoms with Crippen molar-refractivity contribution >= 4 is 15.5 Å². The molecule has 0 atom stereocenters. The number of hydrogen-bond acceptors (Lipinski definition) is 4. The maximum Gasteiger partial charge on any atom is 0.179 e. The van der Waals surface area contributed by atoms with Crippen LogP contribution in [0, 0.1) is 27.7 Å². The predicted molar refractivity (Wildman–Crippen MR) is 113 cm³/mol. The minimum absolute atomic E-state index is 0.181. The van der Waals surface area contributed by atoms with Crippen LogP contribution in [-0.2, 0) is 9.84 Å². The first-order chi connectivity index (χ1) is 12.8. The van der Waals surface area contributed by atoms with Crippen LogP contribution < -0.4 is 4.90 Å². The minimum atomic E-state index is -3.25. The van der Waals surface area contributed by atoms with Crippen molar-refractivity contribution in [1.29, 1.82) is 0 Å². The van der Waals surface area contributed by atoms with E-state index >= 15 is 0 Å². The lowest BCUT2D eigenvalue weighted by molar-refractivity contribution is 0.272. The maximum absolute atomic E-state index is 12.8. The zero-order chi connectivity index (χ0) is 19.6. The largest absolute Gasteiger partial charge is 0.369 e. The van der Waals surface area contributed by atoms with Crippen LogP contribution in [0.4, 0.5) is 5.69 Å². The topological polar surface area (TPSA) is 40.6 Å². The molecule has 27 heavy (non-hydrogen) atoms. The zero-order valence-electron chi connectivity index (χ0n) is 16.8. The summed E-state index contributed by atoms with van der Waals surface area (Å²) < 4.78 is 25.6. The third-order valence-electron chi connectivity index (χ3n) is 5.64. The molecule has 0 radical (unpaired) electrons. The molecule has 0 saturated carbocycles. The molecule has 5 heteroatoms. The van der Waals surface area contributed by atoms with E-state index in [0.29, 0.717) is 11.4 Å². The summed E-state index contributed by atoms with van der Waals surface area (Å²) in [5.74, 6) is 0.181. The molecule has 0 unspecified atom stereocenters. The number of nitrogens with zero attached hydrogens (tertiary/aromatic N) is 2. The number of rotatable bonds is 5. The van der Waals surface area contributed by atoms with Crippen LogP contribution in [0.5, 0.6) is 0 Å². The molecular weight excluding hydrogens is 356 g/mol. The molecule has 2 aromatic carbocycles. The van der Waals surface area contributed by atoms with Crippen molar-refractivity contribution in [3.8, 4) is 0 Å². The Kier molecular flexibility index (Phi) is 5.92. The highest BCUT2D eigenvalue weighted by Crippen LogP contribution is 2.24. The Morgan fingerprint density at radius 3 is 2.30 bits per heavy atom. The summed E-state index contributed by atoms with van der Waals surface area (Å²) >= 11 is 0. The van der Waals surface area contributed by atoms with Gasteiger partial charge in [0.15, 0.2) is 9.84 Å². The Morgan fingerprint density at radius 2 is 1.59 bits per heavy atom. The molecule has 1 heterocycles. The Morgan fingerprint density at radius 1 is 0.889 bits per heavy atom. The van der Waals surface area contributed by atoms with Gasteiger partial charge in [-0.3, -0.25) is 4.90 Å². The fourth-order valence-electron chi connectivity index (χ4n) is 3.69. The summed E-state index contributed by atoms with van der Waals surface area (Å²) in [4.78, 5) is 5.17. The molecule has 0 N–H and O–H groups in total. The Hall–Kier alpha value is -1.85. The second-order valence-corrected chi connectivity index (χ2v) is 9.71. The van der Waals surface area contributed by atoms with Gasteiger partial charge in [0, 0.05) is 38.4 Å². The van der Waals surface area contributed by atoms with Gasteiger partial charge in [-0.1, -0.05) is 24.3 Å². The van der Waals surface area contributed by atoms with E-state index in [-0.39, 0.29) is 5.75 Å². The fourth-order valence-corrected chi connectivity index (χ4v) is 5.33.